The van der Waals surface area contributed by atoms with Crippen LogP contribution < -0.4 is 0 Å². The van der Waals surface area contributed by atoms with Crippen LogP contribution in [0.5, 0.6) is 0 Å². The molecule has 0 rings (SSSR count). The zero-order valence-corrected chi connectivity index (χ0v) is 9.87. The molecule has 0 aliphatic carbocycles. The molecule has 0 aliphatic rings. The van der Waals surface area contributed by atoms with E-state index in [0.29, 0.717) is 4.28 Å². The topological polar surface area (TPSA) is 0 Å². The van der Waals surface area contributed by atoms with E-state index in [1.54, 1.807) is 0 Å². The van der Waals surface area contributed by atoms with Crippen LogP contribution in [0.4, 0.5) is 0 Å². The molecule has 0 unspecified atom stereocenters. The van der Waals surface area contributed by atoms with Crippen molar-refractivity contribution in [2.75, 3.05) is 0 Å². The van der Waals surface area contributed by atoms with Crippen molar-refractivity contribution in [3.8, 4) is 0 Å². The van der Waals surface area contributed by atoms with Gasteiger partial charge < -0.3 is 0 Å². The summed E-state index contributed by atoms with van der Waals surface area (Å²) in [6.07, 6.45) is 1.25. The van der Waals surface area contributed by atoms with Crippen molar-refractivity contribution < 1.29 is 0 Å². The Morgan fingerprint density at radius 2 is 1.75 bits per heavy atom. The summed E-state index contributed by atoms with van der Waals surface area (Å²) < 4.78 is 0.514. The minimum atomic E-state index is -0.755. The first-order valence-electron chi connectivity index (χ1n) is 2.79. The highest BCUT2D eigenvalue weighted by atomic mass is 79.9. The lowest BCUT2D eigenvalue weighted by Gasteiger charge is -2.20. The second kappa shape index (κ2) is 3.61. The largest absolute Gasteiger partial charge is 0.461 e. The fourth-order valence-corrected chi connectivity index (χ4v) is 2.41. The Labute approximate surface area is 69.7 Å². The van der Waals surface area contributed by atoms with Gasteiger partial charge in [0.15, 0.2) is 0 Å². The quantitative estimate of drug-likeness (QED) is 0.665. The molecule has 0 saturated carbocycles. The van der Waals surface area contributed by atoms with E-state index in [1.165, 1.54) is 6.42 Å². The van der Waals surface area contributed by atoms with Gasteiger partial charge in [0.2, 0.25) is 0 Å². The molecule has 8 heavy (non-hydrogen) atoms. The lowest BCUT2D eigenvalue weighted by molar-refractivity contribution is 0.650. The van der Waals surface area contributed by atoms with Crippen LogP contribution in [0.25, 0.3) is 0 Å². The van der Waals surface area contributed by atoms with E-state index in [4.69, 9.17) is 0 Å². The lowest BCUT2D eigenvalue weighted by atomic mass is 10.1. The Bertz CT molecular complexity index is 70.8. The lowest BCUT2D eigenvalue weighted by Crippen LogP contribution is -2.13. The van der Waals surface area contributed by atoms with Crippen molar-refractivity contribution in [3.05, 3.63) is 0 Å². The van der Waals surface area contributed by atoms with Crippen LogP contribution in [0.3, 0.4) is 0 Å². The molecular formula is C5H11AlBr2. The van der Waals surface area contributed by atoms with Crippen molar-refractivity contribution >= 4 is 38.6 Å². The van der Waals surface area contributed by atoms with Crippen LogP contribution in [0, 0.1) is 0 Å². The van der Waals surface area contributed by atoms with Crippen molar-refractivity contribution in [1.29, 1.82) is 0 Å². The molecular weight excluding hydrogens is 247 g/mol. The predicted molar refractivity (Wildman–Crippen MR) is 47.9 cm³/mol. The summed E-state index contributed by atoms with van der Waals surface area (Å²) >= 11 is 7.22. The molecule has 0 atom stereocenters. The van der Waals surface area contributed by atoms with Gasteiger partial charge in [0.05, 0.1) is 0 Å². The van der Waals surface area contributed by atoms with E-state index in [0.717, 1.165) is 0 Å². The summed E-state index contributed by atoms with van der Waals surface area (Å²) in [5.74, 6) is 0. The molecule has 0 bridgehead atoms. The van der Waals surface area contributed by atoms with Crippen molar-refractivity contribution in [2.24, 2.45) is 0 Å². The van der Waals surface area contributed by atoms with Gasteiger partial charge in [-0.15, -0.1) is 0 Å². The highest BCUT2D eigenvalue weighted by molar-refractivity contribution is 9.49. The minimum absolute atomic E-state index is 0.514. The zero-order chi connectivity index (χ0) is 6.78. The first-order valence-corrected chi connectivity index (χ1v) is 9.73. The van der Waals surface area contributed by atoms with E-state index in [9.17, 15) is 0 Å². The van der Waals surface area contributed by atoms with Gasteiger partial charge in [-0.25, -0.2) is 0 Å². The molecule has 0 radical (unpaired) electrons. The normalized spacial score (nSPS) is 11.6. The highest BCUT2D eigenvalue weighted by Crippen LogP contribution is 2.37. The Morgan fingerprint density at radius 3 is 1.75 bits per heavy atom. The van der Waals surface area contributed by atoms with Gasteiger partial charge in [-0.05, 0) is 0 Å². The first-order chi connectivity index (χ1) is 3.50. The third-order valence-electron chi connectivity index (χ3n) is 1.50. The Morgan fingerprint density at radius 1 is 1.38 bits per heavy atom. The molecule has 0 amide bonds. The Hall–Kier alpha value is 1.49. The third-order valence-corrected chi connectivity index (χ3v) is 10.5. The number of hydrogen-bond acceptors (Lipinski definition) is 0. The monoisotopic (exact) mass is 256 g/mol. The van der Waals surface area contributed by atoms with Crippen LogP contribution >= 0.6 is 28.1 Å². The maximum absolute atomic E-state index is 3.61. The van der Waals surface area contributed by atoms with Crippen LogP contribution in [0.15, 0.2) is 0 Å². The van der Waals surface area contributed by atoms with E-state index in [2.05, 4.69) is 48.9 Å². The molecule has 0 aromatic heterocycles. The SMILES string of the molecule is CC[C](C)(C)[Al]([Br])[Br]. The summed E-state index contributed by atoms with van der Waals surface area (Å²) in [5.41, 5.74) is 0. The molecule has 0 saturated heterocycles. The summed E-state index contributed by atoms with van der Waals surface area (Å²) in [6.45, 7) is 6.79. The molecule has 0 spiro atoms. The average Bonchev–Trinajstić information content (AvgIpc) is 1.67. The van der Waals surface area contributed by atoms with Crippen LogP contribution in [-0.4, -0.2) is 10.5 Å². The summed E-state index contributed by atoms with van der Waals surface area (Å²) in [4.78, 5) is 0. The van der Waals surface area contributed by atoms with Crippen molar-refractivity contribution in [1.82, 2.24) is 0 Å². The predicted octanol–water partition coefficient (Wildman–Crippen LogP) is 3.45. The second-order valence-corrected chi connectivity index (χ2v) is 14.0. The fraction of sp³-hybridized carbons (Fsp3) is 1.00. The van der Waals surface area contributed by atoms with Gasteiger partial charge >= 0.3 is 10.5 Å². The second-order valence-electron chi connectivity index (χ2n) is 2.64. The summed E-state index contributed by atoms with van der Waals surface area (Å²) in [6, 6.07) is 0. The average molecular weight is 258 g/mol. The molecule has 0 nitrogen and oxygen atoms in total. The standard InChI is InChI=1S/C5H11.Al.2BrH/c1-4-5(2)3;;;/h4H2,1-3H3;;2*1H/q;+2;;/p-2. The van der Waals surface area contributed by atoms with Gasteiger partial charge in [0.25, 0.3) is 0 Å². The van der Waals surface area contributed by atoms with Crippen LogP contribution in [-0.2, 0) is 0 Å². The Balaban J connectivity index is 3.71. The molecule has 0 aliphatic heterocycles. The van der Waals surface area contributed by atoms with Gasteiger partial charge in [0, 0.05) is 0 Å². The van der Waals surface area contributed by atoms with Crippen molar-refractivity contribution in [2.45, 2.75) is 31.5 Å². The Kier molecular flexibility index (Phi) is 4.28. The zero-order valence-electron chi connectivity index (χ0n) is 5.54. The third kappa shape index (κ3) is 2.87. The van der Waals surface area contributed by atoms with Gasteiger partial charge in [0.1, 0.15) is 0 Å². The number of rotatable bonds is 2. The fourth-order valence-electron chi connectivity index (χ4n) is 0.154. The molecule has 0 fully saturated rings. The van der Waals surface area contributed by atoms with Gasteiger partial charge in [-0.1, -0.05) is 31.5 Å². The molecule has 0 aromatic rings. The minimum Gasteiger partial charge on any atom is -0.196 e. The number of halogens is 2. The van der Waals surface area contributed by atoms with Crippen LogP contribution in [0.1, 0.15) is 27.2 Å². The maximum Gasteiger partial charge on any atom is 0.461 e. The summed E-state index contributed by atoms with van der Waals surface area (Å²) in [5, 5.41) is 0. The molecule has 0 heterocycles. The molecule has 3 heteroatoms. The van der Waals surface area contributed by atoms with E-state index in [-0.39, 0.29) is 0 Å². The highest BCUT2D eigenvalue weighted by Gasteiger charge is 2.29. The van der Waals surface area contributed by atoms with E-state index in [1.807, 2.05) is 0 Å². The van der Waals surface area contributed by atoms with E-state index >= 15 is 0 Å². The molecule has 0 aromatic carbocycles. The number of hydrogen-bond donors (Lipinski definition) is 0. The maximum atomic E-state index is 3.61. The molecule has 48 valence electrons. The van der Waals surface area contributed by atoms with Crippen LogP contribution in [0.2, 0.25) is 4.28 Å². The summed E-state index contributed by atoms with van der Waals surface area (Å²) in [7, 11) is -0.755. The van der Waals surface area contributed by atoms with Gasteiger partial charge in [-0.2, -0.15) is 28.1 Å². The smallest absolute Gasteiger partial charge is 0.196 e. The first kappa shape index (κ1) is 9.49. The van der Waals surface area contributed by atoms with Crippen molar-refractivity contribution in [3.63, 3.8) is 0 Å². The van der Waals surface area contributed by atoms with Gasteiger partial charge in [-0.3, -0.25) is 0 Å². The molecule has 0 N–H and O–H groups in total. The van der Waals surface area contributed by atoms with E-state index < -0.39 is 10.5 Å².